The molecule has 0 saturated carbocycles. The fourth-order valence-corrected chi connectivity index (χ4v) is 3.37. The minimum atomic E-state index is -0.540. The lowest BCUT2D eigenvalue weighted by atomic mass is 9.76. The number of ether oxygens (including phenoxy) is 2. The topological polar surface area (TPSA) is 59.6 Å². The Hall–Kier alpha value is -0.650. The number of esters is 1. The van der Waals surface area contributed by atoms with Crippen LogP contribution in [0.4, 0.5) is 0 Å². The number of hydrogen-bond donors (Lipinski definition) is 2. The van der Waals surface area contributed by atoms with Gasteiger partial charge in [-0.05, 0) is 39.2 Å². The Morgan fingerprint density at radius 1 is 1.50 bits per heavy atom. The van der Waals surface area contributed by atoms with E-state index in [-0.39, 0.29) is 18.0 Å². The molecule has 2 rings (SSSR count). The first-order valence-electron chi connectivity index (χ1n) is 7.97. The lowest BCUT2D eigenvalue weighted by Gasteiger charge is -2.43. The molecule has 2 saturated heterocycles. The van der Waals surface area contributed by atoms with Gasteiger partial charge in [-0.15, -0.1) is 0 Å². The van der Waals surface area contributed by atoms with Crippen LogP contribution in [0.25, 0.3) is 0 Å². The van der Waals surface area contributed by atoms with Crippen LogP contribution in [0.3, 0.4) is 0 Å². The maximum absolute atomic E-state index is 12.5. The molecule has 0 spiro atoms. The predicted octanol–water partition coefficient (Wildman–Crippen LogP) is 1.08. The molecule has 0 radical (unpaired) electrons. The van der Waals surface area contributed by atoms with Gasteiger partial charge in [-0.1, -0.05) is 6.92 Å². The highest BCUT2D eigenvalue weighted by molar-refractivity contribution is 5.81. The molecule has 5 heteroatoms. The van der Waals surface area contributed by atoms with Gasteiger partial charge in [0.25, 0.3) is 0 Å². The Morgan fingerprint density at radius 2 is 2.35 bits per heavy atom. The van der Waals surface area contributed by atoms with Crippen molar-refractivity contribution in [2.24, 2.45) is 5.92 Å². The number of nitrogens with one attached hydrogen (secondary N) is 2. The summed E-state index contributed by atoms with van der Waals surface area (Å²) >= 11 is 0. The van der Waals surface area contributed by atoms with E-state index in [1.165, 1.54) is 0 Å². The fourth-order valence-electron chi connectivity index (χ4n) is 3.37. The molecule has 0 aromatic rings. The third-order valence-electron chi connectivity index (χ3n) is 4.59. The fraction of sp³-hybridized carbons (Fsp3) is 0.933. The average Bonchev–Trinajstić information content (AvgIpc) is 2.99. The van der Waals surface area contributed by atoms with E-state index >= 15 is 0 Å². The van der Waals surface area contributed by atoms with Crippen LogP contribution in [0.15, 0.2) is 0 Å². The van der Waals surface area contributed by atoms with Crippen molar-refractivity contribution in [2.75, 3.05) is 32.8 Å². The van der Waals surface area contributed by atoms with Crippen molar-refractivity contribution >= 4 is 5.97 Å². The lowest BCUT2D eigenvalue weighted by Crippen LogP contribution is -2.65. The Morgan fingerprint density at radius 3 is 3.00 bits per heavy atom. The summed E-state index contributed by atoms with van der Waals surface area (Å²) < 4.78 is 11.0. The van der Waals surface area contributed by atoms with Crippen molar-refractivity contribution in [2.45, 2.75) is 51.2 Å². The maximum atomic E-state index is 12.5. The minimum absolute atomic E-state index is 0.0913. The van der Waals surface area contributed by atoms with E-state index in [2.05, 4.69) is 17.6 Å². The molecule has 0 bridgehead atoms. The van der Waals surface area contributed by atoms with E-state index in [4.69, 9.17) is 9.47 Å². The van der Waals surface area contributed by atoms with Crippen LogP contribution in [-0.4, -0.2) is 50.5 Å². The number of hydrogen-bond acceptors (Lipinski definition) is 5. The van der Waals surface area contributed by atoms with Crippen molar-refractivity contribution in [3.8, 4) is 0 Å². The first kappa shape index (κ1) is 15.7. The van der Waals surface area contributed by atoms with Crippen LogP contribution in [0.1, 0.15) is 39.5 Å². The standard InChI is InChI=1S/C15H28N2O3/c1-3-12-10-16-8-7-15(12,14(18)19-4-2)17-11-13-6-5-9-20-13/h12-13,16-17H,3-11H2,1-2H3. The molecule has 0 aromatic heterocycles. The smallest absolute Gasteiger partial charge is 0.326 e. The van der Waals surface area contributed by atoms with E-state index in [1.54, 1.807) is 0 Å². The molecular formula is C15H28N2O3. The first-order chi connectivity index (χ1) is 9.73. The lowest BCUT2D eigenvalue weighted by molar-refractivity contribution is -0.155. The molecule has 116 valence electrons. The van der Waals surface area contributed by atoms with E-state index in [0.717, 1.165) is 51.9 Å². The molecule has 3 unspecified atom stereocenters. The number of carbonyl (C=O) groups excluding carboxylic acids is 1. The molecule has 20 heavy (non-hydrogen) atoms. The molecule has 2 heterocycles. The summed E-state index contributed by atoms with van der Waals surface area (Å²) in [5.74, 6) is 0.183. The van der Waals surface area contributed by atoms with Gasteiger partial charge in [0.15, 0.2) is 0 Å². The molecule has 5 nitrogen and oxygen atoms in total. The van der Waals surface area contributed by atoms with Gasteiger partial charge in [-0.3, -0.25) is 10.1 Å². The van der Waals surface area contributed by atoms with E-state index in [0.29, 0.717) is 6.61 Å². The van der Waals surface area contributed by atoms with Gasteiger partial charge < -0.3 is 14.8 Å². The largest absolute Gasteiger partial charge is 0.465 e. The molecule has 2 fully saturated rings. The van der Waals surface area contributed by atoms with Crippen LogP contribution >= 0.6 is 0 Å². The van der Waals surface area contributed by atoms with Gasteiger partial charge in [-0.2, -0.15) is 0 Å². The van der Waals surface area contributed by atoms with E-state index in [1.807, 2.05) is 6.92 Å². The van der Waals surface area contributed by atoms with Crippen molar-refractivity contribution in [3.05, 3.63) is 0 Å². The summed E-state index contributed by atoms with van der Waals surface area (Å²) in [4.78, 5) is 12.5. The zero-order chi connectivity index (χ0) is 14.4. The summed E-state index contributed by atoms with van der Waals surface area (Å²) in [5.41, 5.74) is -0.540. The minimum Gasteiger partial charge on any atom is -0.465 e. The first-order valence-corrected chi connectivity index (χ1v) is 7.97. The maximum Gasteiger partial charge on any atom is 0.326 e. The summed E-state index contributed by atoms with van der Waals surface area (Å²) in [6, 6.07) is 0. The Labute approximate surface area is 121 Å². The monoisotopic (exact) mass is 284 g/mol. The van der Waals surface area contributed by atoms with Crippen LogP contribution in [0.2, 0.25) is 0 Å². The zero-order valence-electron chi connectivity index (χ0n) is 12.7. The number of piperidine rings is 1. The normalized spacial score (nSPS) is 34.1. The van der Waals surface area contributed by atoms with Crippen LogP contribution in [0.5, 0.6) is 0 Å². The third-order valence-corrected chi connectivity index (χ3v) is 4.59. The van der Waals surface area contributed by atoms with E-state index in [9.17, 15) is 4.79 Å². The second-order valence-electron chi connectivity index (χ2n) is 5.77. The quantitative estimate of drug-likeness (QED) is 0.715. The Balaban J connectivity index is 2.06. The molecule has 3 atom stereocenters. The highest BCUT2D eigenvalue weighted by Crippen LogP contribution is 2.29. The Bertz CT molecular complexity index is 318. The molecule has 2 aliphatic heterocycles. The zero-order valence-corrected chi connectivity index (χ0v) is 12.7. The summed E-state index contributed by atoms with van der Waals surface area (Å²) in [6.45, 7) is 7.76. The summed E-state index contributed by atoms with van der Waals surface area (Å²) in [5, 5.41) is 6.91. The van der Waals surface area contributed by atoms with Crippen molar-refractivity contribution < 1.29 is 14.3 Å². The molecule has 2 aliphatic rings. The van der Waals surface area contributed by atoms with Crippen LogP contribution in [0, 0.1) is 5.92 Å². The second-order valence-corrected chi connectivity index (χ2v) is 5.77. The molecule has 0 amide bonds. The Kier molecular flexibility index (Phi) is 5.81. The predicted molar refractivity (Wildman–Crippen MR) is 77.6 cm³/mol. The second kappa shape index (κ2) is 7.38. The van der Waals surface area contributed by atoms with Crippen LogP contribution < -0.4 is 10.6 Å². The van der Waals surface area contributed by atoms with Gasteiger partial charge in [0.1, 0.15) is 5.54 Å². The van der Waals surface area contributed by atoms with Gasteiger partial charge in [0.05, 0.1) is 12.7 Å². The van der Waals surface area contributed by atoms with Gasteiger partial charge in [-0.25, -0.2) is 0 Å². The highest BCUT2D eigenvalue weighted by atomic mass is 16.5. The molecule has 0 aliphatic carbocycles. The number of rotatable bonds is 6. The van der Waals surface area contributed by atoms with Crippen molar-refractivity contribution in [1.29, 1.82) is 0 Å². The number of carbonyl (C=O) groups is 1. The SMILES string of the molecule is CCOC(=O)C1(NCC2CCCO2)CCNCC1CC. The molecule has 2 N–H and O–H groups in total. The van der Waals surface area contributed by atoms with Gasteiger partial charge >= 0.3 is 5.97 Å². The summed E-state index contributed by atoms with van der Waals surface area (Å²) in [7, 11) is 0. The molecule has 0 aromatic carbocycles. The third kappa shape index (κ3) is 3.32. The van der Waals surface area contributed by atoms with Crippen LogP contribution in [-0.2, 0) is 14.3 Å². The van der Waals surface area contributed by atoms with Crippen molar-refractivity contribution in [3.63, 3.8) is 0 Å². The molecular weight excluding hydrogens is 256 g/mol. The summed E-state index contributed by atoms with van der Waals surface area (Å²) in [6.07, 6.45) is 4.20. The average molecular weight is 284 g/mol. The van der Waals surface area contributed by atoms with Gasteiger partial charge in [0, 0.05) is 25.6 Å². The van der Waals surface area contributed by atoms with Gasteiger partial charge in [0.2, 0.25) is 0 Å². The van der Waals surface area contributed by atoms with Crippen molar-refractivity contribution in [1.82, 2.24) is 10.6 Å². The highest BCUT2D eigenvalue weighted by Gasteiger charge is 2.47. The van der Waals surface area contributed by atoms with E-state index < -0.39 is 5.54 Å².